The summed E-state index contributed by atoms with van der Waals surface area (Å²) in [6.45, 7) is 0. The van der Waals surface area contributed by atoms with Crippen LogP contribution in [0, 0.1) is 5.82 Å². The second-order valence-corrected chi connectivity index (χ2v) is 5.29. The zero-order valence-corrected chi connectivity index (χ0v) is 12.9. The van der Waals surface area contributed by atoms with Crippen LogP contribution >= 0.6 is 0 Å². The lowest BCUT2D eigenvalue weighted by Crippen LogP contribution is -2.11. The van der Waals surface area contributed by atoms with E-state index in [-0.39, 0.29) is 11.7 Å². The number of aromatic nitrogens is 2. The van der Waals surface area contributed by atoms with E-state index in [0.29, 0.717) is 36.7 Å². The Bertz CT molecular complexity index is 801. The van der Waals surface area contributed by atoms with E-state index in [9.17, 15) is 9.18 Å². The Hall–Kier alpha value is -3.02. The number of rotatable bonds is 6. The van der Waals surface area contributed by atoms with Gasteiger partial charge in [0.2, 0.25) is 17.6 Å². The molecule has 0 unspecified atom stereocenters. The van der Waals surface area contributed by atoms with Crippen LogP contribution in [0.1, 0.15) is 18.7 Å². The van der Waals surface area contributed by atoms with Gasteiger partial charge in [0.15, 0.2) is 0 Å². The second kappa shape index (κ2) is 7.50. The lowest BCUT2D eigenvalue weighted by atomic mass is 10.2. The Morgan fingerprint density at radius 3 is 2.58 bits per heavy atom. The molecule has 0 atom stereocenters. The van der Waals surface area contributed by atoms with E-state index in [1.54, 1.807) is 0 Å². The maximum atomic E-state index is 12.8. The summed E-state index contributed by atoms with van der Waals surface area (Å²) < 4.78 is 18.0. The SMILES string of the molecule is O=C(CCCc1nc(-c2ccccc2)no1)Nc1ccc(F)cc1. The number of benzene rings is 2. The number of aryl methyl sites for hydroxylation is 1. The predicted octanol–water partition coefficient (Wildman–Crippen LogP) is 3.84. The third-order valence-electron chi connectivity index (χ3n) is 3.42. The van der Waals surface area contributed by atoms with Gasteiger partial charge in [0, 0.05) is 24.1 Å². The second-order valence-electron chi connectivity index (χ2n) is 5.29. The van der Waals surface area contributed by atoms with E-state index in [1.807, 2.05) is 30.3 Å². The van der Waals surface area contributed by atoms with Crippen LogP contribution in [0.15, 0.2) is 59.1 Å². The van der Waals surface area contributed by atoms with E-state index in [4.69, 9.17) is 4.52 Å². The number of carbonyl (C=O) groups excluding carboxylic acids is 1. The van der Waals surface area contributed by atoms with Crippen molar-refractivity contribution in [1.29, 1.82) is 0 Å². The van der Waals surface area contributed by atoms with E-state index in [2.05, 4.69) is 15.5 Å². The van der Waals surface area contributed by atoms with Gasteiger partial charge in [-0.25, -0.2) is 4.39 Å². The molecule has 0 radical (unpaired) electrons. The molecule has 0 aliphatic carbocycles. The maximum absolute atomic E-state index is 12.8. The Morgan fingerprint density at radius 2 is 1.83 bits per heavy atom. The number of nitrogens with zero attached hydrogens (tertiary/aromatic N) is 2. The summed E-state index contributed by atoms with van der Waals surface area (Å²) in [6, 6.07) is 15.2. The molecular weight excluding hydrogens is 309 g/mol. The van der Waals surface area contributed by atoms with Crippen molar-refractivity contribution in [3.8, 4) is 11.4 Å². The summed E-state index contributed by atoms with van der Waals surface area (Å²) >= 11 is 0. The molecule has 0 aliphatic heterocycles. The number of halogens is 1. The molecule has 122 valence electrons. The van der Waals surface area contributed by atoms with Gasteiger partial charge in [0.25, 0.3) is 0 Å². The van der Waals surface area contributed by atoms with Crippen LogP contribution in [0.25, 0.3) is 11.4 Å². The molecule has 1 heterocycles. The number of nitrogens with one attached hydrogen (secondary N) is 1. The lowest BCUT2D eigenvalue weighted by molar-refractivity contribution is -0.116. The van der Waals surface area contributed by atoms with Gasteiger partial charge in [-0.15, -0.1) is 0 Å². The zero-order chi connectivity index (χ0) is 16.8. The summed E-state index contributed by atoms with van der Waals surface area (Å²) in [5.41, 5.74) is 1.46. The van der Waals surface area contributed by atoms with Crippen molar-refractivity contribution in [1.82, 2.24) is 10.1 Å². The predicted molar refractivity (Wildman–Crippen MR) is 87.7 cm³/mol. The molecule has 0 saturated carbocycles. The van der Waals surface area contributed by atoms with Crippen LogP contribution in [0.4, 0.5) is 10.1 Å². The molecule has 1 amide bonds. The average molecular weight is 325 g/mol. The van der Waals surface area contributed by atoms with Crippen LogP contribution in [0.5, 0.6) is 0 Å². The van der Waals surface area contributed by atoms with Crippen LogP contribution in [-0.2, 0) is 11.2 Å². The quantitative estimate of drug-likeness (QED) is 0.748. The molecule has 0 spiro atoms. The molecule has 24 heavy (non-hydrogen) atoms. The smallest absolute Gasteiger partial charge is 0.226 e. The minimum absolute atomic E-state index is 0.135. The molecule has 1 N–H and O–H groups in total. The van der Waals surface area contributed by atoms with Crippen molar-refractivity contribution in [3.63, 3.8) is 0 Å². The van der Waals surface area contributed by atoms with Crippen molar-refractivity contribution < 1.29 is 13.7 Å². The normalized spacial score (nSPS) is 10.5. The zero-order valence-electron chi connectivity index (χ0n) is 12.9. The number of amides is 1. The summed E-state index contributed by atoms with van der Waals surface area (Å²) in [6.07, 6.45) is 1.43. The van der Waals surface area contributed by atoms with E-state index in [1.165, 1.54) is 24.3 Å². The third kappa shape index (κ3) is 4.25. The Labute approximate surface area is 138 Å². The van der Waals surface area contributed by atoms with Crippen LogP contribution in [0.3, 0.4) is 0 Å². The van der Waals surface area contributed by atoms with E-state index < -0.39 is 0 Å². The van der Waals surface area contributed by atoms with Crippen molar-refractivity contribution in [2.24, 2.45) is 0 Å². The van der Waals surface area contributed by atoms with Gasteiger partial charge in [0.1, 0.15) is 5.82 Å². The highest BCUT2D eigenvalue weighted by Crippen LogP contribution is 2.16. The standard InChI is InChI=1S/C18H16FN3O2/c19-14-9-11-15(12-10-14)20-16(23)7-4-8-17-21-18(22-24-17)13-5-2-1-3-6-13/h1-3,5-6,9-12H,4,7-8H2,(H,20,23). The van der Waals surface area contributed by atoms with Crippen molar-refractivity contribution in [2.75, 3.05) is 5.32 Å². The first-order valence-corrected chi connectivity index (χ1v) is 7.64. The monoisotopic (exact) mass is 325 g/mol. The van der Waals surface area contributed by atoms with Gasteiger partial charge in [-0.1, -0.05) is 35.5 Å². The highest BCUT2D eigenvalue weighted by Gasteiger charge is 2.09. The van der Waals surface area contributed by atoms with Crippen molar-refractivity contribution in [2.45, 2.75) is 19.3 Å². The first-order chi connectivity index (χ1) is 11.7. The Kier molecular flexibility index (Phi) is 4.96. The number of carbonyl (C=O) groups is 1. The van der Waals surface area contributed by atoms with Gasteiger partial charge >= 0.3 is 0 Å². The highest BCUT2D eigenvalue weighted by atomic mass is 19.1. The Balaban J connectivity index is 1.47. The van der Waals surface area contributed by atoms with Crippen LogP contribution in [-0.4, -0.2) is 16.0 Å². The molecule has 0 aliphatic rings. The third-order valence-corrected chi connectivity index (χ3v) is 3.42. The van der Waals surface area contributed by atoms with E-state index >= 15 is 0 Å². The van der Waals surface area contributed by atoms with Gasteiger partial charge < -0.3 is 9.84 Å². The highest BCUT2D eigenvalue weighted by molar-refractivity contribution is 5.90. The molecule has 3 rings (SSSR count). The molecule has 0 bridgehead atoms. The summed E-state index contributed by atoms with van der Waals surface area (Å²) in [4.78, 5) is 16.2. The van der Waals surface area contributed by atoms with E-state index in [0.717, 1.165) is 5.56 Å². The number of anilines is 1. The fraction of sp³-hybridized carbons (Fsp3) is 0.167. The van der Waals surface area contributed by atoms with Crippen molar-refractivity contribution in [3.05, 3.63) is 66.3 Å². The Morgan fingerprint density at radius 1 is 1.08 bits per heavy atom. The van der Waals surface area contributed by atoms with Crippen molar-refractivity contribution >= 4 is 11.6 Å². The minimum Gasteiger partial charge on any atom is -0.339 e. The van der Waals surface area contributed by atoms with Gasteiger partial charge in [-0.2, -0.15) is 4.98 Å². The summed E-state index contributed by atoms with van der Waals surface area (Å²) in [5.74, 6) is 0.577. The van der Waals surface area contributed by atoms with Gasteiger partial charge in [-0.3, -0.25) is 4.79 Å². The first kappa shape index (κ1) is 15.9. The average Bonchev–Trinajstić information content (AvgIpc) is 3.07. The molecule has 1 aromatic heterocycles. The molecule has 2 aromatic carbocycles. The number of hydrogen-bond donors (Lipinski definition) is 1. The molecule has 6 heteroatoms. The summed E-state index contributed by atoms with van der Waals surface area (Å²) in [5, 5.41) is 6.65. The lowest BCUT2D eigenvalue weighted by Gasteiger charge is -2.04. The molecule has 5 nitrogen and oxygen atoms in total. The summed E-state index contributed by atoms with van der Waals surface area (Å²) in [7, 11) is 0. The molecule has 3 aromatic rings. The topological polar surface area (TPSA) is 68.0 Å². The fourth-order valence-electron chi connectivity index (χ4n) is 2.22. The van der Waals surface area contributed by atoms with Gasteiger partial charge in [0.05, 0.1) is 0 Å². The van der Waals surface area contributed by atoms with Crippen LogP contribution < -0.4 is 5.32 Å². The largest absolute Gasteiger partial charge is 0.339 e. The van der Waals surface area contributed by atoms with Crippen LogP contribution in [0.2, 0.25) is 0 Å². The fourth-order valence-corrected chi connectivity index (χ4v) is 2.22. The molecule has 0 fully saturated rings. The minimum atomic E-state index is -0.335. The molecular formula is C18H16FN3O2. The van der Waals surface area contributed by atoms with Gasteiger partial charge in [-0.05, 0) is 30.7 Å². The molecule has 0 saturated heterocycles. The number of hydrogen-bond acceptors (Lipinski definition) is 4. The maximum Gasteiger partial charge on any atom is 0.226 e. The first-order valence-electron chi connectivity index (χ1n) is 7.64.